The third kappa shape index (κ3) is 3.49. The lowest BCUT2D eigenvalue weighted by Gasteiger charge is -2.10. The Labute approximate surface area is 151 Å². The molecule has 0 radical (unpaired) electrons. The molecule has 2 N–H and O–H groups in total. The minimum Gasteiger partial charge on any atom is -0.497 e. The van der Waals surface area contributed by atoms with Gasteiger partial charge in [0.15, 0.2) is 0 Å². The number of nitrogens with one attached hydrogen (secondary N) is 2. The lowest BCUT2D eigenvalue weighted by atomic mass is 10.1. The highest BCUT2D eigenvalue weighted by Gasteiger charge is 2.13. The molecule has 0 spiro atoms. The molecule has 1 aromatic heterocycles. The van der Waals surface area contributed by atoms with Crippen molar-refractivity contribution in [2.24, 2.45) is 0 Å². The molecule has 0 saturated heterocycles. The summed E-state index contributed by atoms with van der Waals surface area (Å²) in [7, 11) is 3.17. The van der Waals surface area contributed by atoms with Gasteiger partial charge < -0.3 is 15.4 Å². The summed E-state index contributed by atoms with van der Waals surface area (Å²) >= 11 is 0. The number of carbonyl (C=O) groups excluding carboxylic acids is 2. The van der Waals surface area contributed by atoms with E-state index >= 15 is 0 Å². The van der Waals surface area contributed by atoms with Crippen molar-refractivity contribution in [1.82, 2.24) is 10.3 Å². The van der Waals surface area contributed by atoms with E-state index in [2.05, 4.69) is 15.6 Å². The molecule has 0 atom stereocenters. The summed E-state index contributed by atoms with van der Waals surface area (Å²) in [6.45, 7) is 1.79. The Morgan fingerprint density at radius 2 is 1.73 bits per heavy atom. The lowest BCUT2D eigenvalue weighted by molar-refractivity contribution is 0.0962. The van der Waals surface area contributed by atoms with E-state index < -0.39 is 0 Å². The van der Waals surface area contributed by atoms with Crippen molar-refractivity contribution in [3.05, 3.63) is 65.4 Å². The summed E-state index contributed by atoms with van der Waals surface area (Å²) in [5.74, 6) is 0.297. The molecule has 0 aliphatic heterocycles. The number of pyridine rings is 1. The first-order chi connectivity index (χ1) is 12.5. The smallest absolute Gasteiger partial charge is 0.257 e. The Balaban J connectivity index is 1.85. The Kier molecular flexibility index (Phi) is 4.84. The van der Waals surface area contributed by atoms with Crippen LogP contribution in [0, 0.1) is 6.92 Å². The van der Waals surface area contributed by atoms with Gasteiger partial charge in [0.1, 0.15) is 5.75 Å². The number of aromatic nitrogens is 1. The highest BCUT2D eigenvalue weighted by Crippen LogP contribution is 2.22. The van der Waals surface area contributed by atoms with Crippen LogP contribution in [0.3, 0.4) is 0 Å². The van der Waals surface area contributed by atoms with Crippen molar-refractivity contribution in [3.63, 3.8) is 0 Å². The van der Waals surface area contributed by atoms with Crippen LogP contribution in [0.2, 0.25) is 0 Å². The second kappa shape index (κ2) is 7.23. The summed E-state index contributed by atoms with van der Waals surface area (Å²) in [5.41, 5.74) is 3.04. The molecule has 0 fully saturated rings. The van der Waals surface area contributed by atoms with Crippen LogP contribution in [0.4, 0.5) is 5.69 Å². The monoisotopic (exact) mass is 349 g/mol. The molecule has 132 valence electrons. The number of hydrogen-bond donors (Lipinski definition) is 2. The number of aryl methyl sites for hydroxylation is 1. The molecular weight excluding hydrogens is 330 g/mol. The number of methoxy groups -OCH3 is 1. The molecule has 0 aliphatic rings. The molecule has 0 aliphatic carbocycles. The molecule has 1 heterocycles. The maximum atomic E-state index is 12.6. The third-order valence-electron chi connectivity index (χ3n) is 4.09. The van der Waals surface area contributed by atoms with Crippen molar-refractivity contribution < 1.29 is 14.3 Å². The molecule has 2 amide bonds. The van der Waals surface area contributed by atoms with E-state index in [1.54, 1.807) is 45.3 Å². The fraction of sp³-hybridized carbons (Fsp3) is 0.150. The van der Waals surface area contributed by atoms with E-state index in [1.165, 1.54) is 0 Å². The van der Waals surface area contributed by atoms with Gasteiger partial charge >= 0.3 is 0 Å². The maximum absolute atomic E-state index is 12.6. The van der Waals surface area contributed by atoms with Crippen LogP contribution < -0.4 is 15.4 Å². The van der Waals surface area contributed by atoms with Gasteiger partial charge in [-0.1, -0.05) is 0 Å². The predicted molar refractivity (Wildman–Crippen MR) is 101 cm³/mol. The predicted octanol–water partition coefficient (Wildman–Crippen LogP) is 3.16. The van der Waals surface area contributed by atoms with E-state index in [4.69, 9.17) is 4.74 Å². The van der Waals surface area contributed by atoms with Gasteiger partial charge in [-0.2, -0.15) is 0 Å². The summed E-state index contributed by atoms with van der Waals surface area (Å²) in [6.07, 6.45) is 0. The van der Waals surface area contributed by atoms with Crippen LogP contribution in [-0.2, 0) is 0 Å². The number of nitrogens with zero attached hydrogens (tertiary/aromatic N) is 1. The maximum Gasteiger partial charge on any atom is 0.257 e. The summed E-state index contributed by atoms with van der Waals surface area (Å²) in [5, 5.41) is 6.25. The Bertz CT molecular complexity index is 982. The first-order valence-corrected chi connectivity index (χ1v) is 8.10. The van der Waals surface area contributed by atoms with E-state index in [-0.39, 0.29) is 11.8 Å². The minimum absolute atomic E-state index is 0.173. The van der Waals surface area contributed by atoms with Gasteiger partial charge in [-0.3, -0.25) is 14.6 Å². The van der Waals surface area contributed by atoms with Gasteiger partial charge in [0.25, 0.3) is 11.8 Å². The largest absolute Gasteiger partial charge is 0.497 e. The number of benzene rings is 2. The number of anilines is 1. The molecule has 6 nitrogen and oxygen atoms in total. The number of fused-ring (bicyclic) bond motifs is 1. The van der Waals surface area contributed by atoms with Crippen LogP contribution >= 0.6 is 0 Å². The van der Waals surface area contributed by atoms with E-state index in [0.29, 0.717) is 22.5 Å². The summed E-state index contributed by atoms with van der Waals surface area (Å²) < 4.78 is 5.21. The van der Waals surface area contributed by atoms with Crippen LogP contribution in [0.5, 0.6) is 5.75 Å². The van der Waals surface area contributed by atoms with E-state index in [0.717, 1.165) is 16.7 Å². The first kappa shape index (κ1) is 17.4. The van der Waals surface area contributed by atoms with Gasteiger partial charge in [-0.15, -0.1) is 0 Å². The average molecular weight is 349 g/mol. The molecule has 26 heavy (non-hydrogen) atoms. The Morgan fingerprint density at radius 1 is 1.00 bits per heavy atom. The van der Waals surface area contributed by atoms with Crippen LogP contribution in [0.1, 0.15) is 26.4 Å². The second-order valence-electron chi connectivity index (χ2n) is 5.79. The molecule has 3 rings (SSSR count). The molecule has 0 saturated carbocycles. The van der Waals surface area contributed by atoms with Crippen LogP contribution in [0.25, 0.3) is 10.9 Å². The number of ether oxygens (including phenoxy) is 1. The van der Waals surface area contributed by atoms with E-state index in [9.17, 15) is 9.59 Å². The van der Waals surface area contributed by atoms with Crippen molar-refractivity contribution in [1.29, 1.82) is 0 Å². The third-order valence-corrected chi connectivity index (χ3v) is 4.09. The minimum atomic E-state index is -0.250. The highest BCUT2D eigenvalue weighted by molar-refractivity contribution is 6.07. The van der Waals surface area contributed by atoms with Crippen LogP contribution in [0.15, 0.2) is 48.5 Å². The molecule has 0 bridgehead atoms. The highest BCUT2D eigenvalue weighted by atomic mass is 16.5. The lowest BCUT2D eigenvalue weighted by Crippen LogP contribution is -2.18. The Hall–Kier alpha value is -3.41. The number of carbonyl (C=O) groups is 2. The first-order valence-electron chi connectivity index (χ1n) is 8.10. The van der Waals surface area contributed by atoms with Crippen molar-refractivity contribution >= 4 is 28.4 Å². The fourth-order valence-electron chi connectivity index (χ4n) is 2.65. The van der Waals surface area contributed by atoms with Gasteiger partial charge in [-0.05, 0) is 49.4 Å². The normalized spacial score (nSPS) is 10.4. The molecule has 3 aromatic rings. The molecule has 2 aromatic carbocycles. The summed E-state index contributed by atoms with van der Waals surface area (Å²) in [4.78, 5) is 28.7. The zero-order valence-electron chi connectivity index (χ0n) is 14.8. The van der Waals surface area contributed by atoms with Crippen molar-refractivity contribution in [2.45, 2.75) is 6.92 Å². The van der Waals surface area contributed by atoms with Crippen molar-refractivity contribution in [2.75, 3.05) is 19.5 Å². The van der Waals surface area contributed by atoms with Gasteiger partial charge in [0.2, 0.25) is 0 Å². The SMILES string of the molecule is CNC(=O)c1ccc(NC(=O)c2cc3ccc(OC)cc3nc2C)cc1. The molecular formula is C20H19N3O3. The quantitative estimate of drug-likeness (QED) is 0.758. The number of amides is 2. The van der Waals surface area contributed by atoms with Gasteiger partial charge in [0, 0.05) is 29.8 Å². The van der Waals surface area contributed by atoms with E-state index in [1.807, 2.05) is 24.3 Å². The Morgan fingerprint density at radius 3 is 2.38 bits per heavy atom. The van der Waals surface area contributed by atoms with Crippen molar-refractivity contribution in [3.8, 4) is 5.75 Å². The summed E-state index contributed by atoms with van der Waals surface area (Å²) in [6, 6.07) is 14.0. The molecule has 0 unspecified atom stereocenters. The fourth-order valence-corrected chi connectivity index (χ4v) is 2.65. The molecule has 6 heteroatoms. The average Bonchev–Trinajstić information content (AvgIpc) is 2.66. The van der Waals surface area contributed by atoms with Crippen LogP contribution in [-0.4, -0.2) is 31.0 Å². The second-order valence-corrected chi connectivity index (χ2v) is 5.79. The number of rotatable bonds is 4. The number of hydrogen-bond acceptors (Lipinski definition) is 4. The zero-order chi connectivity index (χ0) is 18.7. The zero-order valence-corrected chi connectivity index (χ0v) is 14.8. The van der Waals surface area contributed by atoms with Gasteiger partial charge in [0.05, 0.1) is 23.9 Å². The van der Waals surface area contributed by atoms with Gasteiger partial charge in [-0.25, -0.2) is 0 Å². The standard InChI is InChI=1S/C20H19N3O3/c1-12-17(10-14-6-9-16(26-3)11-18(14)22-12)20(25)23-15-7-4-13(5-8-15)19(24)21-2/h4-11H,1-3H3,(H,21,24)(H,23,25). The topological polar surface area (TPSA) is 80.3 Å².